The molecule has 0 saturated carbocycles. The molecule has 4 heteroatoms. The summed E-state index contributed by atoms with van der Waals surface area (Å²) in [5.41, 5.74) is 1.24. The number of nitrogens with one attached hydrogen (secondary N) is 2. The molecule has 2 heterocycles. The summed E-state index contributed by atoms with van der Waals surface area (Å²) in [5, 5.41) is 3.32. The molecule has 2 N–H and O–H groups in total. The Labute approximate surface area is 73.7 Å². The second-order valence-corrected chi connectivity index (χ2v) is 3.57. The smallest absolute Gasteiger partial charge is 0.174 e. The topological polar surface area (TPSA) is 40.7 Å². The van der Waals surface area contributed by atoms with E-state index in [0.29, 0.717) is 5.92 Å². The fraction of sp³-hybridized carbons (Fsp3) is 0.571. The normalized spacial score (nSPS) is 24.3. The first-order chi connectivity index (χ1) is 5.36. The summed E-state index contributed by atoms with van der Waals surface area (Å²) in [4.78, 5) is 7.28. The van der Waals surface area contributed by atoms with Crippen LogP contribution in [0.4, 0.5) is 0 Å². The second kappa shape index (κ2) is 2.95. The predicted octanol–water partition coefficient (Wildman–Crippen LogP) is 1.25. The third kappa shape index (κ3) is 1.46. The van der Waals surface area contributed by atoms with Crippen LogP contribution in [-0.4, -0.2) is 23.1 Å². The second-order valence-electron chi connectivity index (χ2n) is 2.82. The van der Waals surface area contributed by atoms with Crippen molar-refractivity contribution in [2.24, 2.45) is 0 Å². The summed E-state index contributed by atoms with van der Waals surface area (Å²) < 4.78 is 0.833. The van der Waals surface area contributed by atoms with Crippen molar-refractivity contribution in [3.63, 3.8) is 0 Å². The maximum Gasteiger partial charge on any atom is 0.174 e. The zero-order valence-electron chi connectivity index (χ0n) is 6.10. The van der Waals surface area contributed by atoms with Gasteiger partial charge in [0.25, 0.3) is 0 Å². The van der Waals surface area contributed by atoms with Crippen LogP contribution in [0.3, 0.4) is 0 Å². The molecule has 1 aromatic heterocycles. The fourth-order valence-electron chi connectivity index (χ4n) is 1.44. The van der Waals surface area contributed by atoms with Gasteiger partial charge in [-0.3, -0.25) is 0 Å². The van der Waals surface area contributed by atoms with Crippen molar-refractivity contribution in [2.45, 2.75) is 12.3 Å². The highest BCUT2D eigenvalue weighted by Gasteiger charge is 2.17. The maximum absolute atomic E-state index is 4.09. The molecule has 0 bridgehead atoms. The maximum atomic E-state index is 4.09. The lowest BCUT2D eigenvalue weighted by Gasteiger charge is -2.02. The van der Waals surface area contributed by atoms with Gasteiger partial charge in [0, 0.05) is 24.4 Å². The number of aromatic amines is 1. The molecule has 1 aromatic rings. The highest BCUT2D eigenvalue weighted by atomic mass is 79.9. The Bertz CT molecular complexity index is 240. The zero-order chi connectivity index (χ0) is 7.68. The first-order valence-corrected chi connectivity index (χ1v) is 4.56. The van der Waals surface area contributed by atoms with Gasteiger partial charge in [0.15, 0.2) is 4.73 Å². The molecule has 0 aliphatic carbocycles. The third-order valence-corrected chi connectivity index (χ3v) is 2.47. The molecule has 0 spiro atoms. The summed E-state index contributed by atoms with van der Waals surface area (Å²) >= 11 is 3.29. The minimum Gasteiger partial charge on any atom is -0.336 e. The fourth-order valence-corrected chi connectivity index (χ4v) is 1.77. The largest absolute Gasteiger partial charge is 0.336 e. The van der Waals surface area contributed by atoms with Crippen LogP contribution in [0, 0.1) is 0 Å². The van der Waals surface area contributed by atoms with E-state index in [9.17, 15) is 0 Å². The highest BCUT2D eigenvalue weighted by Crippen LogP contribution is 2.21. The quantitative estimate of drug-likeness (QED) is 0.741. The number of halogens is 1. The van der Waals surface area contributed by atoms with Gasteiger partial charge in [-0.05, 0) is 28.9 Å². The van der Waals surface area contributed by atoms with E-state index >= 15 is 0 Å². The van der Waals surface area contributed by atoms with Crippen molar-refractivity contribution in [1.29, 1.82) is 0 Å². The lowest BCUT2D eigenvalue weighted by molar-refractivity contribution is 0.739. The molecule has 0 amide bonds. The van der Waals surface area contributed by atoms with E-state index in [1.807, 2.05) is 6.20 Å². The Kier molecular flexibility index (Phi) is 1.96. The zero-order valence-corrected chi connectivity index (χ0v) is 7.69. The number of hydrogen-bond donors (Lipinski definition) is 2. The summed E-state index contributed by atoms with van der Waals surface area (Å²) in [6.07, 6.45) is 3.12. The van der Waals surface area contributed by atoms with Gasteiger partial charge in [-0.2, -0.15) is 0 Å². The Hall–Kier alpha value is -0.350. The SMILES string of the molecule is Brc1ncc(C2CCNC2)[nH]1. The third-order valence-electron chi connectivity index (χ3n) is 2.06. The van der Waals surface area contributed by atoms with E-state index < -0.39 is 0 Å². The number of rotatable bonds is 1. The van der Waals surface area contributed by atoms with E-state index in [-0.39, 0.29) is 0 Å². The molecule has 2 rings (SSSR count). The van der Waals surface area contributed by atoms with Gasteiger partial charge in [0.05, 0.1) is 0 Å². The Morgan fingerprint density at radius 2 is 2.55 bits per heavy atom. The van der Waals surface area contributed by atoms with Crippen LogP contribution in [0.15, 0.2) is 10.9 Å². The van der Waals surface area contributed by atoms with Crippen molar-refractivity contribution in [3.05, 3.63) is 16.6 Å². The van der Waals surface area contributed by atoms with Crippen molar-refractivity contribution in [2.75, 3.05) is 13.1 Å². The van der Waals surface area contributed by atoms with E-state index in [1.165, 1.54) is 12.1 Å². The average molecular weight is 216 g/mol. The molecule has 1 aliphatic rings. The van der Waals surface area contributed by atoms with E-state index in [4.69, 9.17) is 0 Å². The molecule has 11 heavy (non-hydrogen) atoms. The van der Waals surface area contributed by atoms with Crippen molar-refractivity contribution in [3.8, 4) is 0 Å². The number of aromatic nitrogens is 2. The number of H-pyrrole nitrogens is 1. The molecule has 1 aliphatic heterocycles. The van der Waals surface area contributed by atoms with Gasteiger partial charge >= 0.3 is 0 Å². The molecule has 1 unspecified atom stereocenters. The van der Waals surface area contributed by atoms with Crippen LogP contribution in [0.25, 0.3) is 0 Å². The molecule has 0 aromatic carbocycles. The minimum absolute atomic E-state index is 0.633. The Balaban J connectivity index is 2.15. The van der Waals surface area contributed by atoms with Crippen molar-refractivity contribution < 1.29 is 0 Å². The van der Waals surface area contributed by atoms with Crippen LogP contribution in [-0.2, 0) is 0 Å². The molecular weight excluding hydrogens is 206 g/mol. The van der Waals surface area contributed by atoms with E-state index in [1.54, 1.807) is 0 Å². The van der Waals surface area contributed by atoms with Gasteiger partial charge < -0.3 is 10.3 Å². The molecule has 0 radical (unpaired) electrons. The van der Waals surface area contributed by atoms with E-state index in [0.717, 1.165) is 17.8 Å². The summed E-state index contributed by atoms with van der Waals surface area (Å²) in [7, 11) is 0. The van der Waals surface area contributed by atoms with Crippen LogP contribution < -0.4 is 5.32 Å². The van der Waals surface area contributed by atoms with E-state index in [2.05, 4.69) is 31.2 Å². The summed E-state index contributed by atoms with van der Waals surface area (Å²) in [6.45, 7) is 2.20. The van der Waals surface area contributed by atoms with Gasteiger partial charge in [0.1, 0.15) is 0 Å². The Morgan fingerprint density at radius 3 is 3.09 bits per heavy atom. The first kappa shape index (κ1) is 7.31. The number of hydrogen-bond acceptors (Lipinski definition) is 2. The van der Waals surface area contributed by atoms with Crippen molar-refractivity contribution in [1.82, 2.24) is 15.3 Å². The van der Waals surface area contributed by atoms with Crippen LogP contribution >= 0.6 is 15.9 Å². The molecular formula is C7H10BrN3. The van der Waals surface area contributed by atoms with Crippen LogP contribution in [0.2, 0.25) is 0 Å². The highest BCUT2D eigenvalue weighted by molar-refractivity contribution is 9.10. The number of nitrogens with zero attached hydrogens (tertiary/aromatic N) is 1. The minimum atomic E-state index is 0.633. The molecule has 60 valence electrons. The van der Waals surface area contributed by atoms with Crippen LogP contribution in [0.1, 0.15) is 18.0 Å². The van der Waals surface area contributed by atoms with Crippen LogP contribution in [0.5, 0.6) is 0 Å². The van der Waals surface area contributed by atoms with Gasteiger partial charge in [0.2, 0.25) is 0 Å². The predicted molar refractivity (Wildman–Crippen MR) is 46.5 cm³/mol. The summed E-state index contributed by atoms with van der Waals surface area (Å²) in [6, 6.07) is 0. The average Bonchev–Trinajstić information content (AvgIpc) is 2.55. The molecule has 3 nitrogen and oxygen atoms in total. The lowest BCUT2D eigenvalue weighted by atomic mass is 10.1. The molecule has 1 atom stereocenters. The van der Waals surface area contributed by atoms with Gasteiger partial charge in [-0.15, -0.1) is 0 Å². The molecule has 1 fully saturated rings. The van der Waals surface area contributed by atoms with Crippen molar-refractivity contribution >= 4 is 15.9 Å². The van der Waals surface area contributed by atoms with Gasteiger partial charge in [-0.1, -0.05) is 0 Å². The van der Waals surface area contributed by atoms with Gasteiger partial charge in [-0.25, -0.2) is 4.98 Å². The lowest BCUT2D eigenvalue weighted by Crippen LogP contribution is -2.07. The standard InChI is InChI=1S/C7H10BrN3/c8-7-10-4-6(11-7)5-1-2-9-3-5/h4-5,9H,1-3H2,(H,10,11). The number of imidazole rings is 1. The molecule has 1 saturated heterocycles. The summed E-state index contributed by atoms with van der Waals surface area (Å²) in [5.74, 6) is 0.633. The monoisotopic (exact) mass is 215 g/mol. The first-order valence-electron chi connectivity index (χ1n) is 3.77. The Morgan fingerprint density at radius 1 is 1.64 bits per heavy atom.